The summed E-state index contributed by atoms with van der Waals surface area (Å²) in [5.74, 6) is 0.242. The van der Waals surface area contributed by atoms with Gasteiger partial charge in [0, 0.05) is 16.1 Å². The Hall–Kier alpha value is -2.83. The molecule has 0 saturated heterocycles. The van der Waals surface area contributed by atoms with Crippen molar-refractivity contribution in [1.29, 1.82) is 5.26 Å². The molecule has 0 aliphatic carbocycles. The van der Waals surface area contributed by atoms with Crippen LogP contribution < -0.4 is 5.73 Å². The molecule has 0 saturated carbocycles. The van der Waals surface area contributed by atoms with E-state index in [4.69, 9.17) is 17.3 Å². The van der Waals surface area contributed by atoms with Crippen LogP contribution in [0, 0.1) is 25.2 Å². The fraction of sp³-hybridized carbons (Fsp3) is 0.100. The zero-order valence-corrected chi connectivity index (χ0v) is 14.2. The molecule has 0 aliphatic heterocycles. The molecule has 0 fully saturated rings. The van der Waals surface area contributed by atoms with Gasteiger partial charge in [-0.15, -0.1) is 0 Å². The summed E-state index contributed by atoms with van der Waals surface area (Å²) in [5, 5.41) is 10.3. The summed E-state index contributed by atoms with van der Waals surface area (Å²) in [6, 6.07) is 17.6. The van der Waals surface area contributed by atoms with Crippen LogP contribution in [0.3, 0.4) is 0 Å². The second-order valence-corrected chi connectivity index (χ2v) is 6.09. The van der Waals surface area contributed by atoms with E-state index in [0.717, 1.165) is 33.5 Å². The molecular weight excluding hydrogens is 318 g/mol. The SMILES string of the molecule is Cc1ccccc1-c1c(C)c(-c2ccc(Cl)cc2)nc(N)c1C#N. The number of anilines is 1. The lowest BCUT2D eigenvalue weighted by atomic mass is 9.90. The number of pyridine rings is 1. The van der Waals surface area contributed by atoms with E-state index >= 15 is 0 Å². The number of aryl methyl sites for hydroxylation is 1. The van der Waals surface area contributed by atoms with E-state index < -0.39 is 0 Å². The molecule has 2 N–H and O–H groups in total. The summed E-state index contributed by atoms with van der Waals surface area (Å²) < 4.78 is 0. The number of rotatable bonds is 2. The topological polar surface area (TPSA) is 62.7 Å². The Kier molecular flexibility index (Phi) is 4.24. The predicted octanol–water partition coefficient (Wildman–Crippen LogP) is 5.14. The molecule has 3 aromatic rings. The van der Waals surface area contributed by atoms with Crippen molar-refractivity contribution in [3.05, 3.63) is 70.2 Å². The molecule has 3 nitrogen and oxygen atoms in total. The molecule has 0 bridgehead atoms. The van der Waals surface area contributed by atoms with E-state index in [2.05, 4.69) is 11.1 Å². The number of nitrogens with zero attached hydrogens (tertiary/aromatic N) is 2. The standard InChI is InChI=1S/C20H16ClN3/c1-12-5-3-4-6-16(12)18-13(2)19(24-20(23)17(18)11-22)14-7-9-15(21)10-8-14/h3-10H,1-2H3,(H2,23,24). The second-order valence-electron chi connectivity index (χ2n) is 5.65. The van der Waals surface area contributed by atoms with Gasteiger partial charge in [-0.1, -0.05) is 48.0 Å². The molecule has 0 unspecified atom stereocenters. The minimum atomic E-state index is 0.242. The maximum atomic E-state index is 9.59. The van der Waals surface area contributed by atoms with E-state index in [1.54, 1.807) is 0 Å². The number of halogens is 1. The van der Waals surface area contributed by atoms with Crippen molar-refractivity contribution in [3.63, 3.8) is 0 Å². The maximum absolute atomic E-state index is 9.59. The van der Waals surface area contributed by atoms with Gasteiger partial charge < -0.3 is 5.73 Å². The summed E-state index contributed by atoms with van der Waals surface area (Å²) in [6.07, 6.45) is 0. The lowest BCUT2D eigenvalue weighted by Crippen LogP contribution is -2.03. The van der Waals surface area contributed by atoms with Gasteiger partial charge in [0.25, 0.3) is 0 Å². The van der Waals surface area contributed by atoms with E-state index in [9.17, 15) is 5.26 Å². The van der Waals surface area contributed by atoms with Crippen molar-refractivity contribution in [2.24, 2.45) is 0 Å². The van der Waals surface area contributed by atoms with E-state index in [0.29, 0.717) is 10.6 Å². The number of hydrogen-bond acceptors (Lipinski definition) is 3. The lowest BCUT2D eigenvalue weighted by molar-refractivity contribution is 1.25. The quantitative estimate of drug-likeness (QED) is 0.706. The largest absolute Gasteiger partial charge is 0.383 e. The third-order valence-electron chi connectivity index (χ3n) is 4.11. The molecule has 0 spiro atoms. The molecule has 0 aliphatic rings. The lowest BCUT2D eigenvalue weighted by Gasteiger charge is -2.16. The van der Waals surface area contributed by atoms with Crippen molar-refractivity contribution in [2.45, 2.75) is 13.8 Å². The first kappa shape index (κ1) is 16.0. The molecule has 0 amide bonds. The second kappa shape index (κ2) is 6.35. The fourth-order valence-corrected chi connectivity index (χ4v) is 3.01. The first-order valence-corrected chi connectivity index (χ1v) is 7.93. The van der Waals surface area contributed by atoms with Crippen LogP contribution in [0.15, 0.2) is 48.5 Å². The maximum Gasteiger partial charge on any atom is 0.142 e. The molecule has 2 aromatic carbocycles. The van der Waals surface area contributed by atoms with Gasteiger partial charge in [0.2, 0.25) is 0 Å². The van der Waals surface area contributed by atoms with Gasteiger partial charge >= 0.3 is 0 Å². The van der Waals surface area contributed by atoms with Crippen LogP contribution in [0.2, 0.25) is 5.02 Å². The van der Waals surface area contributed by atoms with Crippen LogP contribution >= 0.6 is 11.6 Å². The molecule has 24 heavy (non-hydrogen) atoms. The Labute approximate surface area is 146 Å². The number of benzene rings is 2. The normalized spacial score (nSPS) is 10.4. The number of nitrogens with two attached hydrogens (primary N) is 1. The van der Waals surface area contributed by atoms with Crippen molar-refractivity contribution in [2.75, 3.05) is 5.73 Å². The van der Waals surface area contributed by atoms with Gasteiger partial charge in [0.1, 0.15) is 17.5 Å². The number of hydrogen-bond donors (Lipinski definition) is 1. The molecule has 0 atom stereocenters. The van der Waals surface area contributed by atoms with Gasteiger partial charge in [0.15, 0.2) is 0 Å². The van der Waals surface area contributed by atoms with Crippen LogP contribution in [-0.2, 0) is 0 Å². The first-order valence-electron chi connectivity index (χ1n) is 7.55. The average Bonchev–Trinajstić information content (AvgIpc) is 2.58. The number of nitriles is 1. The Morgan fingerprint density at radius 1 is 1.04 bits per heavy atom. The van der Waals surface area contributed by atoms with Gasteiger partial charge in [-0.2, -0.15) is 5.26 Å². The van der Waals surface area contributed by atoms with Gasteiger partial charge in [0.05, 0.1) is 5.69 Å². The van der Waals surface area contributed by atoms with Crippen LogP contribution in [0.1, 0.15) is 16.7 Å². The third kappa shape index (κ3) is 2.73. The molecule has 118 valence electrons. The fourth-order valence-electron chi connectivity index (χ4n) is 2.89. The van der Waals surface area contributed by atoms with Gasteiger partial charge in [-0.3, -0.25) is 0 Å². The van der Waals surface area contributed by atoms with Gasteiger partial charge in [-0.25, -0.2) is 4.98 Å². The Balaban J connectivity index is 2.34. The highest BCUT2D eigenvalue weighted by Crippen LogP contribution is 2.37. The smallest absolute Gasteiger partial charge is 0.142 e. The van der Waals surface area contributed by atoms with Crippen molar-refractivity contribution < 1.29 is 0 Å². The predicted molar refractivity (Wildman–Crippen MR) is 98.7 cm³/mol. The highest BCUT2D eigenvalue weighted by atomic mass is 35.5. The summed E-state index contributed by atoms with van der Waals surface area (Å²) >= 11 is 5.98. The monoisotopic (exact) mass is 333 g/mol. The minimum Gasteiger partial charge on any atom is -0.383 e. The Bertz CT molecular complexity index is 954. The third-order valence-corrected chi connectivity index (χ3v) is 4.36. The van der Waals surface area contributed by atoms with Crippen LogP contribution in [0.4, 0.5) is 5.82 Å². The zero-order chi connectivity index (χ0) is 17.3. The molecule has 4 heteroatoms. The number of nitrogen functional groups attached to an aromatic ring is 1. The molecule has 1 aromatic heterocycles. The molecule has 0 radical (unpaired) electrons. The first-order chi connectivity index (χ1) is 11.5. The van der Waals surface area contributed by atoms with Crippen molar-refractivity contribution in [1.82, 2.24) is 4.98 Å². The highest BCUT2D eigenvalue weighted by Gasteiger charge is 2.19. The highest BCUT2D eigenvalue weighted by molar-refractivity contribution is 6.30. The average molecular weight is 334 g/mol. The summed E-state index contributed by atoms with van der Waals surface area (Å²) in [6.45, 7) is 3.99. The molecule has 3 rings (SSSR count). The van der Waals surface area contributed by atoms with Crippen molar-refractivity contribution >= 4 is 17.4 Å². The van der Waals surface area contributed by atoms with Crippen LogP contribution in [0.25, 0.3) is 22.4 Å². The number of aromatic nitrogens is 1. The van der Waals surface area contributed by atoms with E-state index in [1.807, 2.05) is 62.4 Å². The zero-order valence-electron chi connectivity index (χ0n) is 13.5. The van der Waals surface area contributed by atoms with Crippen molar-refractivity contribution in [3.8, 4) is 28.5 Å². The van der Waals surface area contributed by atoms with Gasteiger partial charge in [-0.05, 0) is 42.7 Å². The molecular formula is C20H16ClN3. The Morgan fingerprint density at radius 3 is 2.33 bits per heavy atom. The Morgan fingerprint density at radius 2 is 1.71 bits per heavy atom. The minimum absolute atomic E-state index is 0.242. The van der Waals surface area contributed by atoms with E-state index in [1.165, 1.54) is 0 Å². The van der Waals surface area contributed by atoms with Crippen LogP contribution in [-0.4, -0.2) is 4.98 Å². The molecule has 1 heterocycles. The van der Waals surface area contributed by atoms with Crippen LogP contribution in [0.5, 0.6) is 0 Å². The summed E-state index contributed by atoms with van der Waals surface area (Å²) in [5.41, 5.74) is 12.1. The van der Waals surface area contributed by atoms with E-state index in [-0.39, 0.29) is 5.82 Å². The summed E-state index contributed by atoms with van der Waals surface area (Å²) in [4.78, 5) is 4.47. The summed E-state index contributed by atoms with van der Waals surface area (Å²) in [7, 11) is 0.